The summed E-state index contributed by atoms with van der Waals surface area (Å²) < 4.78 is 12.0. The molecule has 0 bridgehead atoms. The van der Waals surface area contributed by atoms with E-state index >= 15 is 0 Å². The molecule has 0 radical (unpaired) electrons. The Balaban J connectivity index is 2.45. The monoisotopic (exact) mass is 102 g/mol. The first-order valence-electron chi connectivity index (χ1n) is 2.29. The molecule has 2 atom stereocenters. The van der Waals surface area contributed by atoms with Gasteiger partial charge < -0.3 is 5.11 Å². The van der Waals surface area contributed by atoms with E-state index in [0.717, 1.165) is 0 Å². The fourth-order valence-electron chi connectivity index (χ4n) is 0.606. The van der Waals surface area contributed by atoms with E-state index in [1.54, 1.807) is 6.08 Å². The molecule has 2 heteroatoms. The first-order valence-corrected chi connectivity index (χ1v) is 2.29. The van der Waals surface area contributed by atoms with Crippen LogP contribution in [0.3, 0.4) is 0 Å². The van der Waals surface area contributed by atoms with Crippen LogP contribution < -0.4 is 0 Å². The summed E-state index contributed by atoms with van der Waals surface area (Å²) in [4.78, 5) is 0. The molecule has 0 fully saturated rings. The van der Waals surface area contributed by atoms with Gasteiger partial charge in [0, 0.05) is 0 Å². The Morgan fingerprint density at radius 2 is 2.43 bits per heavy atom. The van der Waals surface area contributed by atoms with Crippen LogP contribution in [0.1, 0.15) is 6.42 Å². The SMILES string of the molecule is O[C@H]1CC=C[C@@H]1F. The van der Waals surface area contributed by atoms with Gasteiger partial charge in [0.1, 0.15) is 6.17 Å². The van der Waals surface area contributed by atoms with Crippen molar-refractivity contribution in [2.24, 2.45) is 0 Å². The number of alkyl halides is 1. The summed E-state index contributed by atoms with van der Waals surface area (Å²) in [6.07, 6.45) is 1.63. The predicted octanol–water partition coefficient (Wildman–Crippen LogP) is 0.645. The molecule has 1 nitrogen and oxygen atoms in total. The minimum atomic E-state index is -1.11. The van der Waals surface area contributed by atoms with Crippen molar-refractivity contribution in [3.8, 4) is 0 Å². The highest BCUT2D eigenvalue weighted by atomic mass is 19.1. The Labute approximate surface area is 41.5 Å². The predicted molar refractivity (Wildman–Crippen MR) is 24.7 cm³/mol. The van der Waals surface area contributed by atoms with Gasteiger partial charge in [-0.25, -0.2) is 4.39 Å². The molecule has 0 amide bonds. The Bertz CT molecular complexity index is 90.1. The molecule has 40 valence electrons. The lowest BCUT2D eigenvalue weighted by atomic mass is 10.3. The van der Waals surface area contributed by atoms with Crippen LogP contribution in [0.15, 0.2) is 12.2 Å². The largest absolute Gasteiger partial charge is 0.389 e. The van der Waals surface area contributed by atoms with E-state index < -0.39 is 12.3 Å². The molecule has 7 heavy (non-hydrogen) atoms. The Morgan fingerprint density at radius 1 is 1.71 bits per heavy atom. The molecule has 1 aliphatic rings. The van der Waals surface area contributed by atoms with Gasteiger partial charge in [0.05, 0.1) is 6.10 Å². The lowest BCUT2D eigenvalue weighted by Crippen LogP contribution is -2.12. The van der Waals surface area contributed by atoms with Crippen molar-refractivity contribution in [2.45, 2.75) is 18.7 Å². The second-order valence-electron chi connectivity index (χ2n) is 1.68. The molecule has 1 N–H and O–H groups in total. The van der Waals surface area contributed by atoms with Crippen molar-refractivity contribution >= 4 is 0 Å². The summed E-state index contributed by atoms with van der Waals surface area (Å²) in [5.74, 6) is 0. The Hall–Kier alpha value is -0.370. The fourth-order valence-corrected chi connectivity index (χ4v) is 0.606. The zero-order valence-corrected chi connectivity index (χ0v) is 3.84. The highest BCUT2D eigenvalue weighted by molar-refractivity contribution is 5.02. The van der Waals surface area contributed by atoms with Gasteiger partial charge in [-0.15, -0.1) is 0 Å². The summed E-state index contributed by atoms with van der Waals surface area (Å²) in [5, 5.41) is 8.56. The smallest absolute Gasteiger partial charge is 0.144 e. The summed E-state index contributed by atoms with van der Waals surface area (Å²) in [7, 11) is 0. The minimum Gasteiger partial charge on any atom is -0.389 e. The third kappa shape index (κ3) is 0.800. The van der Waals surface area contributed by atoms with Crippen LogP contribution in [0.4, 0.5) is 4.39 Å². The van der Waals surface area contributed by atoms with Crippen LogP contribution in [0, 0.1) is 0 Å². The van der Waals surface area contributed by atoms with Gasteiger partial charge in [0.25, 0.3) is 0 Å². The number of aliphatic hydroxyl groups is 1. The van der Waals surface area contributed by atoms with E-state index in [1.807, 2.05) is 0 Å². The topological polar surface area (TPSA) is 20.2 Å². The van der Waals surface area contributed by atoms with Gasteiger partial charge in [-0.3, -0.25) is 0 Å². The van der Waals surface area contributed by atoms with E-state index in [0.29, 0.717) is 6.42 Å². The van der Waals surface area contributed by atoms with E-state index in [2.05, 4.69) is 0 Å². The first kappa shape index (κ1) is 4.78. The molecule has 0 aromatic rings. The number of rotatable bonds is 0. The number of hydrogen-bond acceptors (Lipinski definition) is 1. The van der Waals surface area contributed by atoms with E-state index in [-0.39, 0.29) is 0 Å². The third-order valence-electron chi connectivity index (χ3n) is 1.07. The normalized spacial score (nSPS) is 39.7. The molecule has 0 saturated heterocycles. The Morgan fingerprint density at radius 3 is 2.57 bits per heavy atom. The van der Waals surface area contributed by atoms with Gasteiger partial charge in [-0.2, -0.15) is 0 Å². The molecule has 1 rings (SSSR count). The van der Waals surface area contributed by atoms with Gasteiger partial charge in [-0.1, -0.05) is 12.2 Å². The maximum absolute atomic E-state index is 12.0. The number of hydrogen-bond donors (Lipinski definition) is 1. The van der Waals surface area contributed by atoms with Gasteiger partial charge >= 0.3 is 0 Å². The summed E-state index contributed by atoms with van der Waals surface area (Å²) in [5.41, 5.74) is 0. The van der Waals surface area contributed by atoms with Crippen LogP contribution in [0.2, 0.25) is 0 Å². The van der Waals surface area contributed by atoms with Crippen molar-refractivity contribution in [1.82, 2.24) is 0 Å². The molecule has 1 aliphatic carbocycles. The molecule has 0 spiro atoms. The molecule has 0 saturated carbocycles. The quantitative estimate of drug-likeness (QED) is 0.445. The van der Waals surface area contributed by atoms with Crippen molar-refractivity contribution in [2.75, 3.05) is 0 Å². The summed E-state index contributed by atoms with van der Waals surface area (Å²) in [6, 6.07) is 0. The standard InChI is InChI=1S/C5H7FO/c6-4-2-1-3-5(4)7/h1-2,4-5,7H,3H2/t4-,5-/m0/s1. The second kappa shape index (κ2) is 1.62. The first-order chi connectivity index (χ1) is 3.30. The van der Waals surface area contributed by atoms with Crippen LogP contribution in [-0.4, -0.2) is 17.4 Å². The van der Waals surface area contributed by atoms with Crippen molar-refractivity contribution in [3.63, 3.8) is 0 Å². The number of halogens is 1. The highest BCUT2D eigenvalue weighted by Crippen LogP contribution is 2.12. The van der Waals surface area contributed by atoms with E-state index in [9.17, 15) is 4.39 Å². The van der Waals surface area contributed by atoms with Crippen LogP contribution in [0.25, 0.3) is 0 Å². The zero-order valence-electron chi connectivity index (χ0n) is 3.84. The lowest BCUT2D eigenvalue weighted by molar-refractivity contribution is 0.116. The second-order valence-corrected chi connectivity index (χ2v) is 1.68. The third-order valence-corrected chi connectivity index (χ3v) is 1.07. The molecule has 0 heterocycles. The van der Waals surface area contributed by atoms with Crippen molar-refractivity contribution < 1.29 is 9.50 Å². The maximum atomic E-state index is 12.0. The zero-order chi connectivity index (χ0) is 5.28. The average Bonchev–Trinajstić information content (AvgIpc) is 1.91. The minimum absolute atomic E-state index is 0.473. The van der Waals surface area contributed by atoms with Gasteiger partial charge in [0.2, 0.25) is 0 Å². The van der Waals surface area contributed by atoms with Crippen molar-refractivity contribution in [1.29, 1.82) is 0 Å². The highest BCUT2D eigenvalue weighted by Gasteiger charge is 2.17. The van der Waals surface area contributed by atoms with E-state index in [4.69, 9.17) is 5.11 Å². The molecular weight excluding hydrogens is 95.1 g/mol. The maximum Gasteiger partial charge on any atom is 0.144 e. The molecule has 0 aliphatic heterocycles. The molecule has 0 unspecified atom stereocenters. The molecular formula is C5H7FO. The summed E-state index contributed by atoms with van der Waals surface area (Å²) >= 11 is 0. The fraction of sp³-hybridized carbons (Fsp3) is 0.600. The van der Waals surface area contributed by atoms with Gasteiger partial charge in [0.15, 0.2) is 0 Å². The summed E-state index contributed by atoms with van der Waals surface area (Å²) in [6.45, 7) is 0. The van der Waals surface area contributed by atoms with Crippen LogP contribution >= 0.6 is 0 Å². The van der Waals surface area contributed by atoms with Crippen LogP contribution in [0.5, 0.6) is 0 Å². The van der Waals surface area contributed by atoms with Crippen LogP contribution in [-0.2, 0) is 0 Å². The van der Waals surface area contributed by atoms with Gasteiger partial charge in [-0.05, 0) is 6.42 Å². The average molecular weight is 102 g/mol. The number of aliphatic hydroxyl groups excluding tert-OH is 1. The molecule has 0 aromatic carbocycles. The Kier molecular flexibility index (Phi) is 1.11. The van der Waals surface area contributed by atoms with E-state index in [1.165, 1.54) is 6.08 Å². The lowest BCUT2D eigenvalue weighted by Gasteiger charge is -2.00. The molecule has 0 aromatic heterocycles. The van der Waals surface area contributed by atoms with Crippen molar-refractivity contribution in [3.05, 3.63) is 12.2 Å².